The van der Waals surface area contributed by atoms with Crippen molar-refractivity contribution in [2.75, 3.05) is 12.4 Å². The summed E-state index contributed by atoms with van der Waals surface area (Å²) in [4.78, 5) is 14.0. The Balaban J connectivity index is 1.77. The van der Waals surface area contributed by atoms with Gasteiger partial charge in [0.05, 0.1) is 11.4 Å². The normalized spacial score (nSPS) is 20.8. The van der Waals surface area contributed by atoms with Crippen molar-refractivity contribution in [3.05, 3.63) is 47.2 Å². The molecular formula is C16H18N4. The summed E-state index contributed by atoms with van der Waals surface area (Å²) < 4.78 is 0. The highest BCUT2D eigenvalue weighted by Crippen LogP contribution is 2.41. The number of hydrogen-bond donors (Lipinski definition) is 1. The summed E-state index contributed by atoms with van der Waals surface area (Å²) in [6, 6.07) is 6.29. The van der Waals surface area contributed by atoms with Gasteiger partial charge in [-0.1, -0.05) is 6.07 Å². The third-order valence-electron chi connectivity index (χ3n) is 4.28. The van der Waals surface area contributed by atoms with Crippen LogP contribution in [0.15, 0.2) is 24.4 Å². The number of rotatable bonds is 3. The molecule has 4 nitrogen and oxygen atoms in total. The third-order valence-corrected chi connectivity index (χ3v) is 4.28. The molecular weight excluding hydrogens is 248 g/mol. The van der Waals surface area contributed by atoms with Gasteiger partial charge in [0.15, 0.2) is 0 Å². The number of pyridine rings is 1. The van der Waals surface area contributed by atoms with Crippen LogP contribution in [0, 0.1) is 0 Å². The molecule has 1 saturated carbocycles. The van der Waals surface area contributed by atoms with Crippen LogP contribution in [-0.2, 0) is 6.42 Å². The van der Waals surface area contributed by atoms with E-state index in [9.17, 15) is 0 Å². The maximum Gasteiger partial charge on any atom is 0.134 e. The first kappa shape index (κ1) is 11.8. The van der Waals surface area contributed by atoms with E-state index in [1.54, 1.807) is 0 Å². The van der Waals surface area contributed by atoms with Gasteiger partial charge < -0.3 is 5.32 Å². The van der Waals surface area contributed by atoms with Gasteiger partial charge in [0.2, 0.25) is 0 Å². The van der Waals surface area contributed by atoms with Crippen LogP contribution in [0.3, 0.4) is 0 Å². The maximum atomic E-state index is 4.83. The monoisotopic (exact) mass is 266 g/mol. The van der Waals surface area contributed by atoms with Gasteiger partial charge in [0.1, 0.15) is 11.6 Å². The molecule has 0 spiro atoms. The van der Waals surface area contributed by atoms with E-state index in [-0.39, 0.29) is 0 Å². The van der Waals surface area contributed by atoms with Crippen LogP contribution in [-0.4, -0.2) is 22.0 Å². The minimum atomic E-state index is 0.332. The Bertz CT molecular complexity index is 649. The Morgan fingerprint density at radius 1 is 1.20 bits per heavy atom. The second-order valence-corrected chi connectivity index (χ2v) is 5.70. The summed E-state index contributed by atoms with van der Waals surface area (Å²) in [5.41, 5.74) is 3.70. The minimum Gasteiger partial charge on any atom is -0.373 e. The predicted octanol–water partition coefficient (Wildman–Crippen LogP) is 2.87. The van der Waals surface area contributed by atoms with Crippen LogP contribution < -0.4 is 5.32 Å². The standard InChI is InChI=1S/C16H18N4/c1-17-14-9-13(19-16(20-14)11-4-5-11)12-7-6-10-3-2-8-18-15(10)12/h2-3,8-9,11-12H,4-7H2,1H3,(H,17,19,20). The fourth-order valence-corrected chi connectivity index (χ4v) is 3.02. The van der Waals surface area contributed by atoms with Crippen LogP contribution in [0.4, 0.5) is 5.82 Å². The molecule has 0 radical (unpaired) electrons. The molecule has 0 aromatic carbocycles. The van der Waals surface area contributed by atoms with Crippen LogP contribution in [0.2, 0.25) is 0 Å². The highest BCUT2D eigenvalue weighted by Gasteiger charge is 2.31. The molecule has 0 aliphatic heterocycles. The van der Waals surface area contributed by atoms with E-state index in [4.69, 9.17) is 4.98 Å². The summed E-state index contributed by atoms with van der Waals surface area (Å²) in [5, 5.41) is 3.17. The summed E-state index contributed by atoms with van der Waals surface area (Å²) in [7, 11) is 1.92. The minimum absolute atomic E-state index is 0.332. The fraction of sp³-hybridized carbons (Fsp3) is 0.438. The van der Waals surface area contributed by atoms with Crippen LogP contribution in [0.25, 0.3) is 0 Å². The van der Waals surface area contributed by atoms with Gasteiger partial charge >= 0.3 is 0 Å². The number of aromatic nitrogens is 3. The Labute approximate surface area is 118 Å². The fourth-order valence-electron chi connectivity index (χ4n) is 3.02. The van der Waals surface area contributed by atoms with Gasteiger partial charge in [-0.2, -0.15) is 0 Å². The number of nitrogens with one attached hydrogen (secondary N) is 1. The van der Waals surface area contributed by atoms with Crippen LogP contribution in [0.5, 0.6) is 0 Å². The summed E-state index contributed by atoms with van der Waals surface area (Å²) in [5.74, 6) is 2.85. The van der Waals surface area contributed by atoms with E-state index in [2.05, 4.69) is 27.4 Å². The molecule has 0 saturated heterocycles. The van der Waals surface area contributed by atoms with Gasteiger partial charge in [0.25, 0.3) is 0 Å². The topological polar surface area (TPSA) is 50.7 Å². The molecule has 1 unspecified atom stereocenters. The largest absolute Gasteiger partial charge is 0.373 e. The third kappa shape index (κ3) is 1.96. The number of anilines is 1. The number of nitrogens with zero attached hydrogens (tertiary/aromatic N) is 3. The van der Waals surface area contributed by atoms with Crippen molar-refractivity contribution in [2.24, 2.45) is 0 Å². The molecule has 2 heterocycles. The van der Waals surface area contributed by atoms with Gasteiger partial charge in [-0.05, 0) is 37.3 Å². The smallest absolute Gasteiger partial charge is 0.134 e. The van der Waals surface area contributed by atoms with Crippen LogP contribution in [0.1, 0.15) is 53.9 Å². The zero-order valence-corrected chi connectivity index (χ0v) is 11.6. The first-order valence-corrected chi connectivity index (χ1v) is 7.35. The SMILES string of the molecule is CNc1cc(C2CCc3cccnc32)nc(C2CC2)n1. The number of aryl methyl sites for hydroxylation is 1. The second-order valence-electron chi connectivity index (χ2n) is 5.70. The van der Waals surface area contributed by atoms with Crippen molar-refractivity contribution in [3.63, 3.8) is 0 Å². The molecule has 102 valence electrons. The first-order chi connectivity index (χ1) is 9.85. The Kier molecular flexibility index (Phi) is 2.69. The maximum absolute atomic E-state index is 4.83. The molecule has 1 atom stereocenters. The van der Waals surface area contributed by atoms with Gasteiger partial charge in [0, 0.05) is 31.1 Å². The molecule has 2 aromatic heterocycles. The van der Waals surface area contributed by atoms with E-state index in [0.717, 1.165) is 30.2 Å². The lowest BCUT2D eigenvalue weighted by Crippen LogP contribution is -2.07. The van der Waals surface area contributed by atoms with Gasteiger partial charge in [-0.25, -0.2) is 9.97 Å². The van der Waals surface area contributed by atoms with Crippen molar-refractivity contribution in [3.8, 4) is 0 Å². The lowest BCUT2D eigenvalue weighted by molar-refractivity contribution is 0.729. The van der Waals surface area contributed by atoms with Gasteiger partial charge in [-0.15, -0.1) is 0 Å². The zero-order valence-electron chi connectivity index (χ0n) is 11.6. The lowest BCUT2D eigenvalue weighted by Gasteiger charge is -2.13. The van der Waals surface area contributed by atoms with Gasteiger partial charge in [-0.3, -0.25) is 4.98 Å². The molecule has 1 fully saturated rings. The Morgan fingerprint density at radius 2 is 2.10 bits per heavy atom. The molecule has 1 N–H and O–H groups in total. The number of hydrogen-bond acceptors (Lipinski definition) is 4. The first-order valence-electron chi connectivity index (χ1n) is 7.35. The zero-order chi connectivity index (χ0) is 13.5. The molecule has 2 aliphatic carbocycles. The summed E-state index contributed by atoms with van der Waals surface area (Å²) >= 11 is 0. The molecule has 4 rings (SSSR count). The molecule has 0 bridgehead atoms. The van der Waals surface area contributed by atoms with E-state index in [1.807, 2.05) is 19.3 Å². The van der Waals surface area contributed by atoms with Crippen molar-refractivity contribution < 1.29 is 0 Å². The van der Waals surface area contributed by atoms with Crippen molar-refractivity contribution >= 4 is 5.82 Å². The molecule has 2 aliphatic rings. The Hall–Kier alpha value is -1.97. The molecule has 20 heavy (non-hydrogen) atoms. The van der Waals surface area contributed by atoms with E-state index >= 15 is 0 Å². The van der Waals surface area contributed by atoms with Crippen molar-refractivity contribution in [2.45, 2.75) is 37.5 Å². The predicted molar refractivity (Wildman–Crippen MR) is 78.0 cm³/mol. The average molecular weight is 266 g/mol. The highest BCUT2D eigenvalue weighted by molar-refractivity contribution is 5.42. The molecule has 0 amide bonds. The number of fused-ring (bicyclic) bond motifs is 1. The summed E-state index contributed by atoms with van der Waals surface area (Å²) in [6.45, 7) is 0. The second kappa shape index (κ2) is 4.54. The van der Waals surface area contributed by atoms with E-state index in [0.29, 0.717) is 11.8 Å². The molecule has 4 heteroatoms. The lowest BCUT2D eigenvalue weighted by atomic mass is 10.0. The summed E-state index contributed by atoms with van der Waals surface area (Å²) in [6.07, 6.45) is 6.56. The van der Waals surface area contributed by atoms with E-state index in [1.165, 1.54) is 24.1 Å². The van der Waals surface area contributed by atoms with E-state index < -0.39 is 0 Å². The van der Waals surface area contributed by atoms with Crippen LogP contribution >= 0.6 is 0 Å². The highest BCUT2D eigenvalue weighted by atomic mass is 15.0. The van der Waals surface area contributed by atoms with Crippen molar-refractivity contribution in [1.82, 2.24) is 15.0 Å². The Morgan fingerprint density at radius 3 is 2.90 bits per heavy atom. The quantitative estimate of drug-likeness (QED) is 0.928. The van der Waals surface area contributed by atoms with Crippen molar-refractivity contribution in [1.29, 1.82) is 0 Å². The molecule has 2 aromatic rings. The average Bonchev–Trinajstić information content (AvgIpc) is 3.26.